The summed E-state index contributed by atoms with van der Waals surface area (Å²) in [7, 11) is -1.47. The van der Waals surface area contributed by atoms with Gasteiger partial charge in [0.05, 0.1) is 18.6 Å². The predicted molar refractivity (Wildman–Crippen MR) is 74.4 cm³/mol. The van der Waals surface area contributed by atoms with Crippen LogP contribution >= 0.6 is 0 Å². The van der Waals surface area contributed by atoms with Gasteiger partial charge in [0, 0.05) is 19.3 Å². The van der Waals surface area contributed by atoms with Gasteiger partial charge in [-0.05, 0) is 13.1 Å². The van der Waals surface area contributed by atoms with Crippen molar-refractivity contribution in [3.8, 4) is 6.01 Å². The van der Waals surface area contributed by atoms with Crippen molar-refractivity contribution < 1.29 is 22.1 Å². The second-order valence-electron chi connectivity index (χ2n) is 4.86. The second-order valence-corrected chi connectivity index (χ2v) is 6.51. The Balaban J connectivity index is 1.86. The van der Waals surface area contributed by atoms with E-state index < -0.39 is 10.1 Å². The van der Waals surface area contributed by atoms with Gasteiger partial charge in [0.2, 0.25) is 0 Å². The van der Waals surface area contributed by atoms with Crippen LogP contribution in [0.1, 0.15) is 5.69 Å². The first-order chi connectivity index (χ1) is 9.92. The van der Waals surface area contributed by atoms with Gasteiger partial charge in [0.25, 0.3) is 10.1 Å². The summed E-state index contributed by atoms with van der Waals surface area (Å²) in [5.41, 5.74) is 0.437. The van der Waals surface area contributed by atoms with Crippen molar-refractivity contribution in [2.24, 2.45) is 0 Å². The first kappa shape index (κ1) is 16.1. The Hall–Kier alpha value is -1.29. The lowest BCUT2D eigenvalue weighted by Crippen LogP contribution is -2.42. The van der Waals surface area contributed by atoms with Crippen LogP contribution in [0.15, 0.2) is 12.3 Å². The molecule has 2 heterocycles. The van der Waals surface area contributed by atoms with E-state index in [-0.39, 0.29) is 18.7 Å². The van der Waals surface area contributed by atoms with Gasteiger partial charge in [-0.3, -0.25) is 4.18 Å². The number of morpholine rings is 1. The Morgan fingerprint density at radius 3 is 3.05 bits per heavy atom. The summed E-state index contributed by atoms with van der Waals surface area (Å²) in [6, 6.07) is 1.75. The van der Waals surface area contributed by atoms with Crippen LogP contribution in [0.5, 0.6) is 6.01 Å². The minimum atomic E-state index is -3.50. The van der Waals surface area contributed by atoms with E-state index in [0.29, 0.717) is 18.9 Å². The van der Waals surface area contributed by atoms with Gasteiger partial charge < -0.3 is 14.4 Å². The lowest BCUT2D eigenvalue weighted by atomic mass is 10.3. The summed E-state index contributed by atoms with van der Waals surface area (Å²) in [5.74, 6) is 0. The van der Waals surface area contributed by atoms with Crippen molar-refractivity contribution in [1.29, 1.82) is 0 Å². The monoisotopic (exact) mass is 317 g/mol. The summed E-state index contributed by atoms with van der Waals surface area (Å²) < 4.78 is 37.6. The summed E-state index contributed by atoms with van der Waals surface area (Å²) >= 11 is 0. The molecule has 0 amide bonds. The fourth-order valence-corrected chi connectivity index (χ4v) is 2.16. The van der Waals surface area contributed by atoms with Gasteiger partial charge in [-0.25, -0.2) is 4.98 Å². The number of rotatable bonds is 6. The van der Waals surface area contributed by atoms with Crippen molar-refractivity contribution >= 4 is 10.1 Å². The minimum Gasteiger partial charge on any atom is -0.461 e. The van der Waals surface area contributed by atoms with Crippen molar-refractivity contribution in [2.45, 2.75) is 12.7 Å². The lowest BCUT2D eigenvalue weighted by Gasteiger charge is -2.29. The third-order valence-electron chi connectivity index (χ3n) is 2.85. The maximum Gasteiger partial charge on any atom is 0.316 e. The van der Waals surface area contributed by atoms with E-state index >= 15 is 0 Å². The highest BCUT2D eigenvalue weighted by Gasteiger charge is 2.18. The average molecular weight is 317 g/mol. The Morgan fingerprint density at radius 2 is 2.33 bits per heavy atom. The van der Waals surface area contributed by atoms with Crippen molar-refractivity contribution in [2.75, 3.05) is 39.6 Å². The Morgan fingerprint density at radius 1 is 1.52 bits per heavy atom. The molecule has 0 bridgehead atoms. The molecule has 9 heteroatoms. The van der Waals surface area contributed by atoms with E-state index in [0.717, 1.165) is 19.3 Å². The van der Waals surface area contributed by atoms with Gasteiger partial charge in [0.15, 0.2) is 0 Å². The molecular formula is C12H19N3O5S. The molecule has 1 aliphatic rings. The number of hydrogen-bond donors (Lipinski definition) is 0. The summed E-state index contributed by atoms with van der Waals surface area (Å²) in [4.78, 5) is 10.2. The molecule has 0 radical (unpaired) electrons. The highest BCUT2D eigenvalue weighted by molar-refractivity contribution is 7.85. The zero-order valence-corrected chi connectivity index (χ0v) is 12.9. The van der Waals surface area contributed by atoms with Crippen LogP contribution in [0.25, 0.3) is 0 Å². The van der Waals surface area contributed by atoms with E-state index in [9.17, 15) is 8.42 Å². The quantitative estimate of drug-likeness (QED) is 0.658. The summed E-state index contributed by atoms with van der Waals surface area (Å²) in [6.45, 7) is 2.58. The van der Waals surface area contributed by atoms with E-state index in [1.807, 2.05) is 7.05 Å². The maximum atomic E-state index is 10.9. The molecule has 1 saturated heterocycles. The van der Waals surface area contributed by atoms with Crippen molar-refractivity contribution in [1.82, 2.24) is 14.9 Å². The second kappa shape index (κ2) is 7.12. The lowest BCUT2D eigenvalue weighted by molar-refractivity contribution is -0.0417. The van der Waals surface area contributed by atoms with Crippen LogP contribution in [0.4, 0.5) is 0 Å². The van der Waals surface area contributed by atoms with Crippen LogP contribution in [-0.2, 0) is 25.6 Å². The molecule has 1 aliphatic heterocycles. The van der Waals surface area contributed by atoms with Gasteiger partial charge in [-0.2, -0.15) is 13.4 Å². The molecule has 0 N–H and O–H groups in total. The number of nitrogens with zero attached hydrogens (tertiary/aromatic N) is 3. The third kappa shape index (κ3) is 5.92. The molecule has 0 aromatic carbocycles. The fraction of sp³-hybridized carbons (Fsp3) is 0.667. The largest absolute Gasteiger partial charge is 0.461 e. The van der Waals surface area contributed by atoms with Gasteiger partial charge >= 0.3 is 6.01 Å². The van der Waals surface area contributed by atoms with Crippen LogP contribution < -0.4 is 4.74 Å². The third-order valence-corrected chi connectivity index (χ3v) is 3.40. The molecule has 1 fully saturated rings. The van der Waals surface area contributed by atoms with E-state index in [1.54, 1.807) is 6.07 Å². The maximum absolute atomic E-state index is 10.9. The molecule has 118 valence electrons. The summed E-state index contributed by atoms with van der Waals surface area (Å²) in [5, 5.41) is 0. The van der Waals surface area contributed by atoms with E-state index in [2.05, 4.69) is 19.1 Å². The molecule has 1 atom stereocenters. The fourth-order valence-electron chi connectivity index (χ4n) is 1.83. The topological polar surface area (TPSA) is 90.9 Å². The Kier molecular flexibility index (Phi) is 5.45. The van der Waals surface area contributed by atoms with E-state index in [4.69, 9.17) is 9.47 Å². The molecule has 0 spiro atoms. The standard InChI is InChI=1S/C12H19N3O5S/c1-15-5-6-18-11(7-15)9-19-12-13-4-3-10(14-12)8-20-21(2,16)17/h3-4,11H,5-9H2,1-2H3. The van der Waals surface area contributed by atoms with Crippen molar-refractivity contribution in [3.63, 3.8) is 0 Å². The van der Waals surface area contributed by atoms with Gasteiger partial charge in [-0.1, -0.05) is 0 Å². The molecule has 21 heavy (non-hydrogen) atoms. The first-order valence-corrected chi connectivity index (χ1v) is 8.33. The number of likely N-dealkylation sites (N-methyl/N-ethyl adjacent to an activating group) is 1. The molecule has 1 aromatic heterocycles. The molecule has 2 rings (SSSR count). The Bertz CT molecular complexity index is 566. The normalized spacial score (nSPS) is 20.4. The van der Waals surface area contributed by atoms with Gasteiger partial charge in [0.1, 0.15) is 19.3 Å². The number of aromatic nitrogens is 2. The van der Waals surface area contributed by atoms with Crippen LogP contribution in [0.3, 0.4) is 0 Å². The molecule has 0 aliphatic carbocycles. The molecule has 1 unspecified atom stereocenters. The molecule has 8 nitrogen and oxygen atoms in total. The van der Waals surface area contributed by atoms with E-state index in [1.165, 1.54) is 6.20 Å². The highest BCUT2D eigenvalue weighted by atomic mass is 32.2. The smallest absolute Gasteiger partial charge is 0.316 e. The van der Waals surface area contributed by atoms with Gasteiger partial charge in [-0.15, -0.1) is 0 Å². The number of ether oxygens (including phenoxy) is 2. The first-order valence-electron chi connectivity index (χ1n) is 6.51. The Labute approximate surface area is 124 Å². The van der Waals surface area contributed by atoms with Crippen LogP contribution in [0.2, 0.25) is 0 Å². The van der Waals surface area contributed by atoms with Crippen LogP contribution in [0, 0.1) is 0 Å². The molecule has 1 aromatic rings. The highest BCUT2D eigenvalue weighted by Crippen LogP contribution is 2.08. The SMILES string of the molecule is CN1CCOC(COc2nccc(COS(C)(=O)=O)n2)C1. The van der Waals surface area contributed by atoms with Crippen molar-refractivity contribution in [3.05, 3.63) is 18.0 Å². The zero-order chi connectivity index (χ0) is 15.3. The average Bonchev–Trinajstić information content (AvgIpc) is 2.43. The zero-order valence-electron chi connectivity index (χ0n) is 12.1. The molecule has 0 saturated carbocycles. The summed E-state index contributed by atoms with van der Waals surface area (Å²) in [6.07, 6.45) is 2.46. The van der Waals surface area contributed by atoms with Crippen LogP contribution in [-0.4, -0.2) is 69.0 Å². The minimum absolute atomic E-state index is 0.0247. The predicted octanol–water partition coefficient (Wildman–Crippen LogP) is -0.338. The molecular weight excluding hydrogens is 298 g/mol. The number of hydrogen-bond acceptors (Lipinski definition) is 8.